The van der Waals surface area contributed by atoms with Crippen molar-refractivity contribution in [2.24, 2.45) is 4.99 Å². The topological polar surface area (TPSA) is 42.9 Å². The summed E-state index contributed by atoms with van der Waals surface area (Å²) in [5, 5.41) is 7.62. The third kappa shape index (κ3) is 7.98. The lowest BCUT2D eigenvalue weighted by Gasteiger charge is -2.37. The van der Waals surface area contributed by atoms with E-state index < -0.39 is 0 Å². The molecule has 0 spiro atoms. The van der Waals surface area contributed by atoms with Crippen molar-refractivity contribution in [2.45, 2.75) is 26.3 Å². The minimum absolute atomic E-state index is 0. The van der Waals surface area contributed by atoms with Crippen LogP contribution in [-0.4, -0.2) is 74.7 Å². The maximum Gasteiger partial charge on any atom is 0.191 e. The van der Waals surface area contributed by atoms with E-state index in [2.05, 4.69) is 51.4 Å². The van der Waals surface area contributed by atoms with Gasteiger partial charge in [-0.05, 0) is 37.6 Å². The SMILES string of the molecule is CCN1CCN(C(C)CNC(=NC)NCCc2ccc(Cl)cc2)CC1.I. The molecule has 1 heterocycles. The molecule has 1 aliphatic heterocycles. The molecule has 7 heteroatoms. The van der Waals surface area contributed by atoms with Crippen molar-refractivity contribution >= 4 is 41.5 Å². The molecule has 2 N–H and O–H groups in total. The first kappa shape index (κ1) is 23.5. The van der Waals surface area contributed by atoms with E-state index in [4.69, 9.17) is 11.6 Å². The van der Waals surface area contributed by atoms with Crippen LogP contribution < -0.4 is 10.6 Å². The number of nitrogens with zero attached hydrogens (tertiary/aromatic N) is 3. The van der Waals surface area contributed by atoms with Crippen molar-refractivity contribution in [3.63, 3.8) is 0 Å². The van der Waals surface area contributed by atoms with Gasteiger partial charge in [0.2, 0.25) is 0 Å². The molecule has 1 atom stereocenters. The van der Waals surface area contributed by atoms with Gasteiger partial charge in [0.25, 0.3) is 0 Å². The third-order valence-electron chi connectivity index (χ3n) is 4.89. The predicted molar refractivity (Wildman–Crippen MR) is 123 cm³/mol. The number of nitrogens with one attached hydrogen (secondary N) is 2. The van der Waals surface area contributed by atoms with Crippen LogP contribution in [0.1, 0.15) is 19.4 Å². The molecule has 1 saturated heterocycles. The van der Waals surface area contributed by atoms with E-state index in [9.17, 15) is 0 Å². The Morgan fingerprint density at radius 2 is 1.81 bits per heavy atom. The number of guanidine groups is 1. The van der Waals surface area contributed by atoms with Crippen LogP contribution in [0.25, 0.3) is 0 Å². The van der Waals surface area contributed by atoms with E-state index >= 15 is 0 Å². The molecule has 1 aromatic carbocycles. The van der Waals surface area contributed by atoms with Gasteiger partial charge in [-0.15, -0.1) is 24.0 Å². The minimum Gasteiger partial charge on any atom is -0.356 e. The first-order valence-corrected chi connectivity index (χ1v) is 9.65. The summed E-state index contributed by atoms with van der Waals surface area (Å²) >= 11 is 5.92. The Morgan fingerprint density at radius 3 is 2.38 bits per heavy atom. The molecule has 2 rings (SSSR count). The molecule has 0 bridgehead atoms. The monoisotopic (exact) mass is 493 g/mol. The number of halogens is 2. The lowest BCUT2D eigenvalue weighted by atomic mass is 10.1. The quantitative estimate of drug-likeness (QED) is 0.348. The Balaban J connectivity index is 0.00000338. The standard InChI is InChI=1S/C19H32ClN5.HI/c1-4-24-11-13-25(14-12-24)16(2)15-23-19(21-3)22-10-9-17-5-7-18(20)8-6-17;/h5-8,16H,4,9-15H2,1-3H3,(H2,21,22,23);1H. The number of likely N-dealkylation sites (N-methyl/N-ethyl adjacent to an activating group) is 1. The van der Waals surface area contributed by atoms with Gasteiger partial charge in [0.15, 0.2) is 5.96 Å². The molecule has 1 aliphatic rings. The summed E-state index contributed by atoms with van der Waals surface area (Å²) in [6.45, 7) is 12.1. The zero-order valence-corrected chi connectivity index (χ0v) is 19.3. The normalized spacial score (nSPS) is 17.5. The van der Waals surface area contributed by atoms with Crippen molar-refractivity contribution < 1.29 is 0 Å². The molecular formula is C19H33ClIN5. The fourth-order valence-electron chi connectivity index (χ4n) is 3.09. The molecule has 0 saturated carbocycles. The van der Waals surface area contributed by atoms with Crippen molar-refractivity contribution in [1.82, 2.24) is 20.4 Å². The van der Waals surface area contributed by atoms with Crippen LogP contribution in [0.15, 0.2) is 29.3 Å². The Labute approximate surface area is 180 Å². The number of hydrogen-bond acceptors (Lipinski definition) is 3. The zero-order valence-electron chi connectivity index (χ0n) is 16.2. The van der Waals surface area contributed by atoms with E-state index in [1.54, 1.807) is 0 Å². The highest BCUT2D eigenvalue weighted by atomic mass is 127. The average molecular weight is 494 g/mol. The lowest BCUT2D eigenvalue weighted by Crippen LogP contribution is -2.53. The maximum absolute atomic E-state index is 5.92. The van der Waals surface area contributed by atoms with E-state index in [0.717, 1.165) is 50.1 Å². The zero-order chi connectivity index (χ0) is 18.1. The van der Waals surface area contributed by atoms with Crippen molar-refractivity contribution in [1.29, 1.82) is 0 Å². The summed E-state index contributed by atoms with van der Waals surface area (Å²) in [6, 6.07) is 8.51. The van der Waals surface area contributed by atoms with Gasteiger partial charge in [0, 0.05) is 57.4 Å². The molecule has 148 valence electrons. The average Bonchev–Trinajstić information content (AvgIpc) is 2.65. The summed E-state index contributed by atoms with van der Waals surface area (Å²) < 4.78 is 0. The van der Waals surface area contributed by atoms with Crippen LogP contribution >= 0.6 is 35.6 Å². The van der Waals surface area contributed by atoms with Crippen LogP contribution in [0.4, 0.5) is 0 Å². The van der Waals surface area contributed by atoms with Crippen LogP contribution in [-0.2, 0) is 6.42 Å². The Kier molecular flexibility index (Phi) is 11.5. The molecule has 1 fully saturated rings. The van der Waals surface area contributed by atoms with Crippen LogP contribution in [0, 0.1) is 0 Å². The van der Waals surface area contributed by atoms with Gasteiger partial charge in [-0.1, -0.05) is 30.7 Å². The van der Waals surface area contributed by atoms with Gasteiger partial charge in [-0.2, -0.15) is 0 Å². The molecule has 0 aromatic heterocycles. The molecule has 0 amide bonds. The lowest BCUT2D eigenvalue weighted by molar-refractivity contribution is 0.107. The maximum atomic E-state index is 5.92. The summed E-state index contributed by atoms with van der Waals surface area (Å²) in [6.07, 6.45) is 0.951. The number of piperazine rings is 1. The van der Waals surface area contributed by atoms with Crippen LogP contribution in [0.3, 0.4) is 0 Å². The van der Waals surface area contributed by atoms with E-state index in [0.29, 0.717) is 6.04 Å². The molecule has 0 aliphatic carbocycles. The summed E-state index contributed by atoms with van der Waals surface area (Å²) in [4.78, 5) is 9.39. The second-order valence-corrected chi connectivity index (χ2v) is 7.01. The highest BCUT2D eigenvalue weighted by Gasteiger charge is 2.20. The van der Waals surface area contributed by atoms with E-state index in [1.165, 1.54) is 18.7 Å². The number of hydrogen-bond donors (Lipinski definition) is 2. The van der Waals surface area contributed by atoms with Gasteiger partial charge in [-0.25, -0.2) is 0 Å². The van der Waals surface area contributed by atoms with Crippen molar-refractivity contribution in [3.8, 4) is 0 Å². The summed E-state index contributed by atoms with van der Waals surface area (Å²) in [7, 11) is 1.82. The highest BCUT2D eigenvalue weighted by molar-refractivity contribution is 14.0. The third-order valence-corrected chi connectivity index (χ3v) is 5.14. The van der Waals surface area contributed by atoms with E-state index in [1.807, 2.05) is 19.2 Å². The fraction of sp³-hybridized carbons (Fsp3) is 0.632. The van der Waals surface area contributed by atoms with Gasteiger partial charge in [-0.3, -0.25) is 9.89 Å². The van der Waals surface area contributed by atoms with Gasteiger partial charge in [0.05, 0.1) is 0 Å². The second kappa shape index (κ2) is 12.8. The number of aliphatic imine (C=N–C) groups is 1. The smallest absolute Gasteiger partial charge is 0.191 e. The number of benzene rings is 1. The first-order valence-electron chi connectivity index (χ1n) is 9.27. The first-order chi connectivity index (χ1) is 12.1. The second-order valence-electron chi connectivity index (χ2n) is 6.58. The molecule has 1 aromatic rings. The fourth-order valence-corrected chi connectivity index (χ4v) is 3.22. The van der Waals surface area contributed by atoms with Crippen LogP contribution in [0.5, 0.6) is 0 Å². The van der Waals surface area contributed by atoms with Gasteiger partial charge in [0.1, 0.15) is 0 Å². The Morgan fingerprint density at radius 1 is 1.15 bits per heavy atom. The van der Waals surface area contributed by atoms with Crippen LogP contribution in [0.2, 0.25) is 5.02 Å². The molecular weight excluding hydrogens is 461 g/mol. The van der Waals surface area contributed by atoms with Gasteiger partial charge < -0.3 is 15.5 Å². The molecule has 5 nitrogen and oxygen atoms in total. The largest absolute Gasteiger partial charge is 0.356 e. The minimum atomic E-state index is 0. The molecule has 26 heavy (non-hydrogen) atoms. The van der Waals surface area contributed by atoms with Crippen molar-refractivity contribution in [2.75, 3.05) is 52.9 Å². The van der Waals surface area contributed by atoms with Gasteiger partial charge >= 0.3 is 0 Å². The summed E-state index contributed by atoms with van der Waals surface area (Å²) in [5.74, 6) is 0.869. The summed E-state index contributed by atoms with van der Waals surface area (Å²) in [5.41, 5.74) is 1.27. The number of rotatable bonds is 7. The van der Waals surface area contributed by atoms with E-state index in [-0.39, 0.29) is 24.0 Å². The van der Waals surface area contributed by atoms with Crippen molar-refractivity contribution in [3.05, 3.63) is 34.9 Å². The predicted octanol–water partition coefficient (Wildman–Crippen LogP) is 2.69. The Bertz CT molecular complexity index is 529. The highest BCUT2D eigenvalue weighted by Crippen LogP contribution is 2.09. The molecule has 1 unspecified atom stereocenters. The Hall–Kier alpha value is -0.570. The molecule has 0 radical (unpaired) electrons.